The molecule has 0 aliphatic rings. The zero-order valence-electron chi connectivity index (χ0n) is 10.5. The van der Waals surface area contributed by atoms with Crippen LogP contribution in [0.25, 0.3) is 11.0 Å². The van der Waals surface area contributed by atoms with Crippen molar-refractivity contribution in [1.82, 2.24) is 15.3 Å². The molecule has 94 valence electrons. The maximum absolute atomic E-state index is 8.95. The lowest BCUT2D eigenvalue weighted by molar-refractivity contribution is 0.677. The normalized spacial score (nSPS) is 12.5. The van der Waals surface area contributed by atoms with Gasteiger partial charge in [0.15, 0.2) is 5.16 Å². The van der Waals surface area contributed by atoms with E-state index in [4.69, 9.17) is 5.26 Å². The standard InChI is InChI=1S/C13H16N4S/c1-3-15-10(7-14)8-18-13-16-11-5-4-9(2)6-12(11)17-13/h4-6,10,15H,3,8H2,1-2H3,(H,16,17). The molecule has 1 aromatic carbocycles. The van der Waals surface area contributed by atoms with E-state index in [1.165, 1.54) is 5.56 Å². The lowest BCUT2D eigenvalue weighted by atomic mass is 10.2. The van der Waals surface area contributed by atoms with Gasteiger partial charge >= 0.3 is 0 Å². The van der Waals surface area contributed by atoms with Crippen LogP contribution in [0.1, 0.15) is 12.5 Å². The van der Waals surface area contributed by atoms with Gasteiger partial charge in [-0.1, -0.05) is 24.8 Å². The molecular weight excluding hydrogens is 244 g/mol. The van der Waals surface area contributed by atoms with Crippen molar-refractivity contribution < 1.29 is 0 Å². The number of aryl methyl sites for hydroxylation is 1. The van der Waals surface area contributed by atoms with E-state index in [0.717, 1.165) is 22.7 Å². The Morgan fingerprint density at radius 1 is 1.56 bits per heavy atom. The minimum atomic E-state index is -0.130. The number of aromatic amines is 1. The summed E-state index contributed by atoms with van der Waals surface area (Å²) < 4.78 is 0. The fraction of sp³-hybridized carbons (Fsp3) is 0.385. The van der Waals surface area contributed by atoms with Crippen LogP contribution in [-0.2, 0) is 0 Å². The molecule has 1 unspecified atom stereocenters. The van der Waals surface area contributed by atoms with Crippen molar-refractivity contribution in [2.24, 2.45) is 0 Å². The first-order valence-electron chi connectivity index (χ1n) is 5.95. The molecule has 0 saturated heterocycles. The molecule has 0 radical (unpaired) electrons. The van der Waals surface area contributed by atoms with E-state index in [2.05, 4.69) is 34.3 Å². The van der Waals surface area contributed by atoms with Gasteiger partial charge in [0, 0.05) is 5.75 Å². The summed E-state index contributed by atoms with van der Waals surface area (Å²) in [5.41, 5.74) is 3.24. The predicted molar refractivity (Wildman–Crippen MR) is 74.6 cm³/mol. The lowest BCUT2D eigenvalue weighted by Crippen LogP contribution is -2.29. The minimum absolute atomic E-state index is 0.130. The molecule has 2 aromatic rings. The van der Waals surface area contributed by atoms with Crippen molar-refractivity contribution in [1.29, 1.82) is 5.26 Å². The summed E-state index contributed by atoms with van der Waals surface area (Å²) in [7, 11) is 0. The molecule has 2 N–H and O–H groups in total. The summed E-state index contributed by atoms with van der Waals surface area (Å²) in [5, 5.41) is 12.9. The zero-order chi connectivity index (χ0) is 13.0. The molecule has 1 heterocycles. The van der Waals surface area contributed by atoms with E-state index in [-0.39, 0.29) is 6.04 Å². The van der Waals surface area contributed by atoms with E-state index in [1.807, 2.05) is 19.1 Å². The number of aromatic nitrogens is 2. The number of nitrogens with one attached hydrogen (secondary N) is 2. The number of benzene rings is 1. The molecule has 18 heavy (non-hydrogen) atoms. The van der Waals surface area contributed by atoms with Gasteiger partial charge in [-0.05, 0) is 31.2 Å². The number of hydrogen-bond donors (Lipinski definition) is 2. The van der Waals surface area contributed by atoms with Crippen LogP contribution in [0.5, 0.6) is 0 Å². The van der Waals surface area contributed by atoms with Crippen molar-refractivity contribution in [3.63, 3.8) is 0 Å². The third-order valence-electron chi connectivity index (χ3n) is 2.61. The van der Waals surface area contributed by atoms with Crippen LogP contribution in [0, 0.1) is 18.3 Å². The Morgan fingerprint density at radius 3 is 3.11 bits per heavy atom. The van der Waals surface area contributed by atoms with E-state index < -0.39 is 0 Å². The van der Waals surface area contributed by atoms with Crippen LogP contribution in [0.2, 0.25) is 0 Å². The second kappa shape index (κ2) is 5.89. The number of imidazole rings is 1. The first-order chi connectivity index (χ1) is 8.72. The summed E-state index contributed by atoms with van der Waals surface area (Å²) in [5.74, 6) is 0.698. The number of fused-ring (bicyclic) bond motifs is 1. The van der Waals surface area contributed by atoms with Gasteiger partial charge in [-0.2, -0.15) is 5.26 Å². The molecule has 2 rings (SSSR count). The lowest BCUT2D eigenvalue weighted by Gasteiger charge is -2.06. The SMILES string of the molecule is CCNC(C#N)CSc1nc2ccc(C)cc2[nH]1. The van der Waals surface area contributed by atoms with Crippen LogP contribution < -0.4 is 5.32 Å². The van der Waals surface area contributed by atoms with E-state index in [9.17, 15) is 0 Å². The summed E-state index contributed by atoms with van der Waals surface area (Å²) >= 11 is 1.57. The highest BCUT2D eigenvalue weighted by Crippen LogP contribution is 2.20. The van der Waals surface area contributed by atoms with E-state index in [0.29, 0.717) is 5.75 Å². The molecule has 0 fully saturated rings. The van der Waals surface area contributed by atoms with Crippen LogP contribution in [0.4, 0.5) is 0 Å². The summed E-state index contributed by atoms with van der Waals surface area (Å²) in [6.07, 6.45) is 0. The molecular formula is C13H16N4S. The molecule has 5 heteroatoms. The highest BCUT2D eigenvalue weighted by Gasteiger charge is 2.08. The number of nitrogens with zero attached hydrogens (tertiary/aromatic N) is 2. The van der Waals surface area contributed by atoms with Gasteiger partial charge in [-0.3, -0.25) is 0 Å². The molecule has 0 saturated carbocycles. The number of rotatable bonds is 5. The number of hydrogen-bond acceptors (Lipinski definition) is 4. The second-order valence-electron chi connectivity index (χ2n) is 4.11. The van der Waals surface area contributed by atoms with Gasteiger partial charge in [-0.25, -0.2) is 4.98 Å². The van der Waals surface area contributed by atoms with Gasteiger partial charge < -0.3 is 10.3 Å². The van der Waals surface area contributed by atoms with E-state index in [1.54, 1.807) is 11.8 Å². The third-order valence-corrected chi connectivity index (χ3v) is 3.58. The Hall–Kier alpha value is -1.51. The third kappa shape index (κ3) is 3.03. The van der Waals surface area contributed by atoms with Crippen LogP contribution >= 0.6 is 11.8 Å². The minimum Gasteiger partial charge on any atom is -0.333 e. The average Bonchev–Trinajstić information content (AvgIpc) is 2.76. The Morgan fingerprint density at radius 2 is 2.39 bits per heavy atom. The maximum atomic E-state index is 8.95. The van der Waals surface area contributed by atoms with E-state index >= 15 is 0 Å². The molecule has 1 aromatic heterocycles. The summed E-state index contributed by atoms with van der Waals surface area (Å²) in [4.78, 5) is 7.76. The average molecular weight is 260 g/mol. The first kappa shape index (κ1) is 12.9. The van der Waals surface area contributed by atoms with Crippen molar-refractivity contribution in [2.75, 3.05) is 12.3 Å². The number of nitriles is 1. The van der Waals surface area contributed by atoms with Gasteiger partial charge in [0.1, 0.15) is 6.04 Å². The zero-order valence-corrected chi connectivity index (χ0v) is 11.3. The van der Waals surface area contributed by atoms with Gasteiger partial charge in [0.05, 0.1) is 17.1 Å². The van der Waals surface area contributed by atoms with Crippen LogP contribution in [0.15, 0.2) is 23.4 Å². The van der Waals surface area contributed by atoms with Gasteiger partial charge in [-0.15, -0.1) is 0 Å². The summed E-state index contributed by atoms with van der Waals surface area (Å²) in [6, 6.07) is 8.26. The predicted octanol–water partition coefficient (Wildman–Crippen LogP) is 2.47. The highest BCUT2D eigenvalue weighted by molar-refractivity contribution is 7.99. The van der Waals surface area contributed by atoms with Gasteiger partial charge in [0.2, 0.25) is 0 Å². The fourth-order valence-electron chi connectivity index (χ4n) is 1.72. The molecule has 0 spiro atoms. The smallest absolute Gasteiger partial charge is 0.166 e. The Kier molecular flexibility index (Phi) is 4.24. The topological polar surface area (TPSA) is 64.5 Å². The highest BCUT2D eigenvalue weighted by atomic mass is 32.2. The Balaban J connectivity index is 2.06. The summed E-state index contributed by atoms with van der Waals surface area (Å²) in [6.45, 7) is 4.86. The van der Waals surface area contributed by atoms with Crippen molar-refractivity contribution in [2.45, 2.75) is 25.0 Å². The Bertz CT molecular complexity index is 570. The van der Waals surface area contributed by atoms with Crippen molar-refractivity contribution in [3.05, 3.63) is 23.8 Å². The van der Waals surface area contributed by atoms with Crippen molar-refractivity contribution in [3.8, 4) is 6.07 Å². The number of H-pyrrole nitrogens is 1. The molecule has 4 nitrogen and oxygen atoms in total. The quantitative estimate of drug-likeness (QED) is 0.811. The Labute approximate surface area is 111 Å². The molecule has 0 aliphatic heterocycles. The van der Waals surface area contributed by atoms with Crippen LogP contribution in [-0.4, -0.2) is 28.3 Å². The molecule has 0 aliphatic carbocycles. The van der Waals surface area contributed by atoms with Gasteiger partial charge in [0.25, 0.3) is 0 Å². The molecule has 1 atom stereocenters. The fourth-order valence-corrected chi connectivity index (χ4v) is 2.58. The largest absolute Gasteiger partial charge is 0.333 e. The van der Waals surface area contributed by atoms with Crippen molar-refractivity contribution >= 4 is 22.8 Å². The first-order valence-corrected chi connectivity index (χ1v) is 6.93. The molecule has 0 amide bonds. The van der Waals surface area contributed by atoms with Crippen LogP contribution in [0.3, 0.4) is 0 Å². The monoisotopic (exact) mass is 260 g/mol. The maximum Gasteiger partial charge on any atom is 0.166 e. The number of thioether (sulfide) groups is 1. The second-order valence-corrected chi connectivity index (χ2v) is 5.12. The molecule has 0 bridgehead atoms.